The largest absolute Gasteiger partial charge is 0.492 e. The van der Waals surface area contributed by atoms with E-state index in [1.165, 1.54) is 4.90 Å². The number of nitrogens with one attached hydrogen (secondary N) is 1. The Morgan fingerprint density at radius 2 is 1.83 bits per heavy atom. The highest BCUT2D eigenvalue weighted by atomic mass is 16.5. The van der Waals surface area contributed by atoms with Crippen molar-refractivity contribution in [3.63, 3.8) is 0 Å². The number of ether oxygens (including phenoxy) is 1. The molecule has 0 bridgehead atoms. The second kappa shape index (κ2) is 6.35. The van der Waals surface area contributed by atoms with Crippen LogP contribution in [0.15, 0.2) is 54.6 Å². The first kappa shape index (κ1) is 16.1. The molecular weight excluding hydrogens is 304 g/mol. The van der Waals surface area contributed by atoms with Crippen LogP contribution in [0, 0.1) is 6.92 Å². The molecule has 5 heteroatoms. The van der Waals surface area contributed by atoms with E-state index in [9.17, 15) is 9.59 Å². The van der Waals surface area contributed by atoms with E-state index in [-0.39, 0.29) is 25.1 Å². The first-order valence-electron chi connectivity index (χ1n) is 7.90. The van der Waals surface area contributed by atoms with Crippen molar-refractivity contribution in [1.82, 2.24) is 10.2 Å². The van der Waals surface area contributed by atoms with E-state index in [4.69, 9.17) is 4.74 Å². The van der Waals surface area contributed by atoms with Crippen LogP contribution in [-0.4, -0.2) is 30.0 Å². The van der Waals surface area contributed by atoms with Crippen molar-refractivity contribution < 1.29 is 14.3 Å². The summed E-state index contributed by atoms with van der Waals surface area (Å²) in [6, 6.07) is 16.5. The van der Waals surface area contributed by atoms with Gasteiger partial charge >= 0.3 is 6.03 Å². The molecule has 124 valence electrons. The minimum atomic E-state index is -1.03. The third-order valence-corrected chi connectivity index (χ3v) is 4.20. The highest BCUT2D eigenvalue weighted by molar-refractivity contribution is 6.07. The lowest BCUT2D eigenvalue weighted by Crippen LogP contribution is -2.41. The number of carbonyl (C=O) groups is 2. The van der Waals surface area contributed by atoms with Crippen molar-refractivity contribution >= 4 is 11.9 Å². The Kier molecular flexibility index (Phi) is 4.25. The SMILES string of the molecule is Cc1cccc(OCCN2C(=O)N[C@](C)(c3ccccc3)C2=O)c1. The summed E-state index contributed by atoms with van der Waals surface area (Å²) in [5, 5.41) is 2.79. The summed E-state index contributed by atoms with van der Waals surface area (Å²) in [5.41, 5.74) is 0.839. The number of benzene rings is 2. The van der Waals surface area contributed by atoms with Crippen LogP contribution in [0.4, 0.5) is 4.79 Å². The molecule has 1 atom stereocenters. The predicted molar refractivity (Wildman–Crippen MR) is 90.7 cm³/mol. The first-order chi connectivity index (χ1) is 11.5. The number of nitrogens with zero attached hydrogens (tertiary/aromatic N) is 1. The van der Waals surface area contributed by atoms with Gasteiger partial charge in [-0.25, -0.2) is 4.79 Å². The average molecular weight is 324 g/mol. The molecule has 0 spiro atoms. The van der Waals surface area contributed by atoms with Crippen molar-refractivity contribution in [2.24, 2.45) is 0 Å². The lowest BCUT2D eigenvalue weighted by atomic mass is 9.92. The average Bonchev–Trinajstić information content (AvgIpc) is 2.80. The first-order valence-corrected chi connectivity index (χ1v) is 7.90. The monoisotopic (exact) mass is 324 g/mol. The van der Waals surface area contributed by atoms with E-state index >= 15 is 0 Å². The molecule has 3 rings (SSSR count). The van der Waals surface area contributed by atoms with E-state index in [1.807, 2.05) is 61.5 Å². The second-order valence-electron chi connectivity index (χ2n) is 6.04. The summed E-state index contributed by atoms with van der Waals surface area (Å²) in [7, 11) is 0. The Labute approximate surface area is 141 Å². The molecule has 3 amide bonds. The van der Waals surface area contributed by atoms with Gasteiger partial charge in [-0.15, -0.1) is 0 Å². The number of aryl methyl sites for hydroxylation is 1. The molecule has 1 saturated heterocycles. The standard InChI is InChI=1S/C19H20N2O3/c1-14-7-6-10-16(13-14)24-12-11-21-17(22)19(2,20-18(21)23)15-8-4-3-5-9-15/h3-10,13H,11-12H2,1-2H3,(H,20,23)/t19-/m1/s1. The minimum Gasteiger partial charge on any atom is -0.492 e. The molecule has 0 aliphatic carbocycles. The number of hydrogen-bond acceptors (Lipinski definition) is 3. The fraction of sp³-hybridized carbons (Fsp3) is 0.263. The smallest absolute Gasteiger partial charge is 0.325 e. The third-order valence-electron chi connectivity index (χ3n) is 4.20. The van der Waals surface area contributed by atoms with Gasteiger partial charge in [0.05, 0.1) is 6.54 Å². The van der Waals surface area contributed by atoms with Crippen molar-refractivity contribution in [2.45, 2.75) is 19.4 Å². The number of imide groups is 1. The molecule has 2 aromatic carbocycles. The molecule has 5 nitrogen and oxygen atoms in total. The van der Waals surface area contributed by atoms with Gasteiger partial charge in [0.1, 0.15) is 17.9 Å². The summed E-state index contributed by atoms with van der Waals surface area (Å²) in [4.78, 5) is 26.1. The molecule has 1 aliphatic heterocycles. The molecule has 1 aliphatic rings. The topological polar surface area (TPSA) is 58.6 Å². The Bertz CT molecular complexity index is 760. The van der Waals surface area contributed by atoms with Gasteiger partial charge in [-0.2, -0.15) is 0 Å². The Hall–Kier alpha value is -2.82. The zero-order valence-corrected chi connectivity index (χ0v) is 13.8. The van der Waals surface area contributed by atoms with Crippen LogP contribution >= 0.6 is 0 Å². The summed E-state index contributed by atoms with van der Waals surface area (Å²) in [6.07, 6.45) is 0. The van der Waals surface area contributed by atoms with E-state index < -0.39 is 5.54 Å². The molecule has 1 heterocycles. The third kappa shape index (κ3) is 2.97. The van der Waals surface area contributed by atoms with Gasteiger partial charge in [-0.3, -0.25) is 9.69 Å². The number of hydrogen-bond donors (Lipinski definition) is 1. The molecule has 24 heavy (non-hydrogen) atoms. The van der Waals surface area contributed by atoms with Gasteiger partial charge in [0.2, 0.25) is 0 Å². The van der Waals surface area contributed by atoms with Crippen LogP contribution in [0.25, 0.3) is 0 Å². The normalized spacial score (nSPS) is 20.2. The fourth-order valence-electron chi connectivity index (χ4n) is 2.83. The number of urea groups is 1. The van der Waals surface area contributed by atoms with Gasteiger partial charge in [0.15, 0.2) is 0 Å². The van der Waals surface area contributed by atoms with E-state index in [2.05, 4.69) is 5.32 Å². The number of amides is 3. The lowest BCUT2D eigenvalue weighted by Gasteiger charge is -2.22. The van der Waals surface area contributed by atoms with Crippen LogP contribution in [0.2, 0.25) is 0 Å². The molecule has 2 aromatic rings. The second-order valence-corrected chi connectivity index (χ2v) is 6.04. The number of rotatable bonds is 5. The Balaban J connectivity index is 1.67. The van der Waals surface area contributed by atoms with E-state index in [1.54, 1.807) is 6.92 Å². The summed E-state index contributed by atoms with van der Waals surface area (Å²) >= 11 is 0. The summed E-state index contributed by atoms with van der Waals surface area (Å²) < 4.78 is 5.65. The quantitative estimate of drug-likeness (QED) is 0.861. The molecule has 0 aromatic heterocycles. The number of carbonyl (C=O) groups excluding carboxylic acids is 2. The van der Waals surface area contributed by atoms with Crippen LogP contribution in [0.5, 0.6) is 5.75 Å². The van der Waals surface area contributed by atoms with Gasteiger partial charge in [-0.05, 0) is 37.1 Å². The van der Waals surface area contributed by atoms with Crippen LogP contribution in [0.3, 0.4) is 0 Å². The van der Waals surface area contributed by atoms with Gasteiger partial charge < -0.3 is 10.1 Å². The zero-order chi connectivity index (χ0) is 17.2. The van der Waals surface area contributed by atoms with Gasteiger partial charge in [0, 0.05) is 0 Å². The van der Waals surface area contributed by atoms with E-state index in [0.717, 1.165) is 16.9 Å². The maximum absolute atomic E-state index is 12.7. The van der Waals surface area contributed by atoms with E-state index in [0.29, 0.717) is 0 Å². The van der Waals surface area contributed by atoms with Gasteiger partial charge in [0.25, 0.3) is 5.91 Å². The molecule has 1 fully saturated rings. The molecule has 1 N–H and O–H groups in total. The Morgan fingerprint density at radius 1 is 1.08 bits per heavy atom. The van der Waals surface area contributed by atoms with Gasteiger partial charge in [-0.1, -0.05) is 42.5 Å². The van der Waals surface area contributed by atoms with Crippen molar-refractivity contribution in [2.75, 3.05) is 13.2 Å². The zero-order valence-electron chi connectivity index (χ0n) is 13.8. The van der Waals surface area contributed by atoms with Crippen LogP contribution < -0.4 is 10.1 Å². The van der Waals surface area contributed by atoms with Crippen molar-refractivity contribution in [1.29, 1.82) is 0 Å². The highest BCUT2D eigenvalue weighted by Crippen LogP contribution is 2.28. The highest BCUT2D eigenvalue weighted by Gasteiger charge is 2.48. The molecule has 0 saturated carbocycles. The summed E-state index contributed by atoms with van der Waals surface area (Å²) in [5.74, 6) is 0.472. The maximum Gasteiger partial charge on any atom is 0.325 e. The van der Waals surface area contributed by atoms with Crippen LogP contribution in [-0.2, 0) is 10.3 Å². The van der Waals surface area contributed by atoms with Crippen molar-refractivity contribution in [3.8, 4) is 5.75 Å². The molecular formula is C19H20N2O3. The minimum absolute atomic E-state index is 0.209. The van der Waals surface area contributed by atoms with Crippen molar-refractivity contribution in [3.05, 3.63) is 65.7 Å². The fourth-order valence-corrected chi connectivity index (χ4v) is 2.83. The predicted octanol–water partition coefficient (Wildman–Crippen LogP) is 2.84. The summed E-state index contributed by atoms with van der Waals surface area (Å²) in [6.45, 7) is 4.17. The maximum atomic E-state index is 12.7. The Morgan fingerprint density at radius 3 is 2.54 bits per heavy atom. The molecule has 0 unspecified atom stereocenters. The van der Waals surface area contributed by atoms with Crippen LogP contribution in [0.1, 0.15) is 18.1 Å². The molecule has 0 radical (unpaired) electrons. The lowest BCUT2D eigenvalue weighted by molar-refractivity contribution is -0.131.